The SMILES string of the molecule is Cc1cc(Nc2ncnc3cnc(N4CCCC4)cc23)ccc1Oc1ccc(C(=O)NCC(C)(C)C)cc1. The second-order valence-electron chi connectivity index (χ2n) is 11.0. The van der Waals surface area contributed by atoms with Gasteiger partial charge in [-0.25, -0.2) is 15.0 Å². The van der Waals surface area contributed by atoms with E-state index in [1.807, 2.05) is 43.5 Å². The summed E-state index contributed by atoms with van der Waals surface area (Å²) in [6.45, 7) is 10.9. The van der Waals surface area contributed by atoms with Gasteiger partial charge >= 0.3 is 0 Å². The van der Waals surface area contributed by atoms with Gasteiger partial charge < -0.3 is 20.3 Å². The van der Waals surface area contributed by atoms with Gasteiger partial charge in [0.15, 0.2) is 0 Å². The fraction of sp³-hybridized carbons (Fsp3) is 0.333. The summed E-state index contributed by atoms with van der Waals surface area (Å²) in [6, 6.07) is 15.2. The zero-order valence-electron chi connectivity index (χ0n) is 22.4. The Morgan fingerprint density at radius 1 is 1.00 bits per heavy atom. The molecule has 196 valence electrons. The molecule has 1 amide bonds. The number of benzene rings is 2. The Labute approximate surface area is 223 Å². The van der Waals surface area contributed by atoms with E-state index in [0.717, 1.165) is 52.6 Å². The number of carbonyl (C=O) groups excluding carboxylic acids is 1. The van der Waals surface area contributed by atoms with Crippen molar-refractivity contribution in [3.05, 3.63) is 72.2 Å². The van der Waals surface area contributed by atoms with Crippen molar-refractivity contribution in [2.45, 2.75) is 40.5 Å². The van der Waals surface area contributed by atoms with E-state index < -0.39 is 0 Å². The molecule has 1 saturated heterocycles. The van der Waals surface area contributed by atoms with Crippen molar-refractivity contribution in [3.8, 4) is 11.5 Å². The number of pyridine rings is 1. The molecule has 8 heteroatoms. The Hall–Kier alpha value is -4.20. The van der Waals surface area contributed by atoms with E-state index >= 15 is 0 Å². The van der Waals surface area contributed by atoms with E-state index in [1.165, 1.54) is 12.8 Å². The van der Waals surface area contributed by atoms with Crippen LogP contribution in [-0.2, 0) is 0 Å². The monoisotopic (exact) mass is 510 g/mol. The maximum atomic E-state index is 12.4. The van der Waals surface area contributed by atoms with Crippen LogP contribution in [0.3, 0.4) is 0 Å². The van der Waals surface area contributed by atoms with Crippen molar-refractivity contribution in [2.75, 3.05) is 29.9 Å². The molecule has 1 aliphatic heterocycles. The summed E-state index contributed by atoms with van der Waals surface area (Å²) in [7, 11) is 0. The number of hydrogen-bond donors (Lipinski definition) is 2. The summed E-state index contributed by atoms with van der Waals surface area (Å²) in [6.07, 6.45) is 5.76. The van der Waals surface area contributed by atoms with Crippen molar-refractivity contribution in [3.63, 3.8) is 0 Å². The molecule has 0 aliphatic carbocycles. The summed E-state index contributed by atoms with van der Waals surface area (Å²) in [5, 5.41) is 7.35. The van der Waals surface area contributed by atoms with Crippen LogP contribution in [0.5, 0.6) is 11.5 Å². The highest BCUT2D eigenvalue weighted by Gasteiger charge is 2.16. The third kappa shape index (κ3) is 6.02. The number of amides is 1. The number of nitrogens with zero attached hydrogens (tertiary/aromatic N) is 4. The Bertz CT molecular complexity index is 1440. The highest BCUT2D eigenvalue weighted by molar-refractivity contribution is 5.94. The molecule has 5 rings (SSSR count). The molecule has 0 unspecified atom stereocenters. The molecule has 2 aromatic heterocycles. The van der Waals surface area contributed by atoms with Gasteiger partial charge in [0.25, 0.3) is 5.91 Å². The zero-order valence-corrected chi connectivity index (χ0v) is 22.4. The normalized spacial score (nSPS) is 13.5. The van der Waals surface area contributed by atoms with E-state index in [0.29, 0.717) is 17.9 Å². The van der Waals surface area contributed by atoms with Gasteiger partial charge in [-0.2, -0.15) is 0 Å². The maximum Gasteiger partial charge on any atom is 0.251 e. The van der Waals surface area contributed by atoms with Gasteiger partial charge in [-0.15, -0.1) is 0 Å². The molecular weight excluding hydrogens is 476 g/mol. The second-order valence-corrected chi connectivity index (χ2v) is 11.0. The number of rotatable bonds is 7. The molecule has 3 heterocycles. The summed E-state index contributed by atoms with van der Waals surface area (Å²) < 4.78 is 6.11. The number of ether oxygens (including phenoxy) is 1. The topological polar surface area (TPSA) is 92.3 Å². The van der Waals surface area contributed by atoms with Gasteiger partial charge in [0, 0.05) is 36.3 Å². The van der Waals surface area contributed by atoms with Crippen molar-refractivity contribution in [1.82, 2.24) is 20.3 Å². The van der Waals surface area contributed by atoms with E-state index in [-0.39, 0.29) is 11.3 Å². The molecule has 4 aromatic rings. The third-order valence-electron chi connectivity index (χ3n) is 6.50. The number of nitrogens with one attached hydrogen (secondary N) is 2. The van der Waals surface area contributed by atoms with Crippen molar-refractivity contribution < 1.29 is 9.53 Å². The van der Waals surface area contributed by atoms with Crippen LogP contribution in [0.25, 0.3) is 10.9 Å². The van der Waals surface area contributed by atoms with Crippen LogP contribution < -0.4 is 20.3 Å². The minimum Gasteiger partial charge on any atom is -0.457 e. The quantitative estimate of drug-likeness (QED) is 0.304. The lowest BCUT2D eigenvalue weighted by molar-refractivity contribution is 0.0939. The molecule has 0 spiro atoms. The standard InChI is InChI=1S/C30H34N6O2/c1-20-15-22(35-28-24-16-27(36-13-5-6-14-36)31-17-25(24)33-19-34-28)9-12-26(20)38-23-10-7-21(8-11-23)29(37)32-18-30(2,3)4/h7-12,15-17,19H,5-6,13-14,18H2,1-4H3,(H,32,37)(H,33,34,35). The van der Waals surface area contributed by atoms with Crippen LogP contribution in [0.4, 0.5) is 17.3 Å². The molecular formula is C30H34N6O2. The molecule has 1 aliphatic rings. The van der Waals surface area contributed by atoms with Crippen molar-refractivity contribution in [2.24, 2.45) is 5.41 Å². The van der Waals surface area contributed by atoms with Crippen LogP contribution in [0, 0.1) is 12.3 Å². The highest BCUT2D eigenvalue weighted by atomic mass is 16.5. The van der Waals surface area contributed by atoms with Crippen LogP contribution in [0.2, 0.25) is 0 Å². The Balaban J connectivity index is 1.28. The lowest BCUT2D eigenvalue weighted by Crippen LogP contribution is -2.32. The molecule has 0 atom stereocenters. The Morgan fingerprint density at radius 2 is 1.76 bits per heavy atom. The minimum absolute atomic E-state index is 0.0333. The number of anilines is 3. The van der Waals surface area contributed by atoms with Crippen LogP contribution >= 0.6 is 0 Å². The number of fused-ring (bicyclic) bond motifs is 1. The number of hydrogen-bond acceptors (Lipinski definition) is 7. The first-order valence-electron chi connectivity index (χ1n) is 13.0. The number of aromatic nitrogens is 3. The third-order valence-corrected chi connectivity index (χ3v) is 6.50. The van der Waals surface area contributed by atoms with E-state index in [4.69, 9.17) is 4.74 Å². The first-order chi connectivity index (χ1) is 18.2. The minimum atomic E-state index is -0.0846. The largest absolute Gasteiger partial charge is 0.457 e. The lowest BCUT2D eigenvalue weighted by Gasteiger charge is -2.18. The van der Waals surface area contributed by atoms with E-state index in [9.17, 15) is 4.79 Å². The zero-order chi connectivity index (χ0) is 26.7. The highest BCUT2D eigenvalue weighted by Crippen LogP contribution is 2.31. The van der Waals surface area contributed by atoms with Crippen molar-refractivity contribution in [1.29, 1.82) is 0 Å². The van der Waals surface area contributed by atoms with Gasteiger partial charge in [-0.05, 0) is 79.3 Å². The average molecular weight is 511 g/mol. The van der Waals surface area contributed by atoms with E-state index in [2.05, 4.69) is 57.3 Å². The molecule has 0 radical (unpaired) electrons. The summed E-state index contributed by atoms with van der Waals surface area (Å²) in [5.41, 5.74) is 3.32. The first-order valence-corrected chi connectivity index (χ1v) is 13.0. The molecule has 0 saturated carbocycles. The van der Waals surface area contributed by atoms with E-state index in [1.54, 1.807) is 18.5 Å². The molecule has 2 N–H and O–H groups in total. The second kappa shape index (κ2) is 10.7. The summed E-state index contributed by atoms with van der Waals surface area (Å²) in [5.74, 6) is 3.04. The smallest absolute Gasteiger partial charge is 0.251 e. The first kappa shape index (κ1) is 25.4. The van der Waals surface area contributed by atoms with Gasteiger partial charge in [-0.1, -0.05) is 20.8 Å². The molecule has 38 heavy (non-hydrogen) atoms. The Morgan fingerprint density at radius 3 is 2.47 bits per heavy atom. The predicted molar refractivity (Wildman–Crippen MR) is 152 cm³/mol. The lowest BCUT2D eigenvalue weighted by atomic mass is 9.97. The summed E-state index contributed by atoms with van der Waals surface area (Å²) in [4.78, 5) is 28.2. The fourth-order valence-corrected chi connectivity index (χ4v) is 4.39. The van der Waals surface area contributed by atoms with Crippen LogP contribution in [-0.4, -0.2) is 40.5 Å². The maximum absolute atomic E-state index is 12.4. The van der Waals surface area contributed by atoms with Crippen LogP contribution in [0.1, 0.15) is 49.5 Å². The summed E-state index contributed by atoms with van der Waals surface area (Å²) >= 11 is 0. The molecule has 0 bridgehead atoms. The van der Waals surface area contributed by atoms with Gasteiger partial charge in [0.05, 0.1) is 11.7 Å². The molecule has 8 nitrogen and oxygen atoms in total. The molecule has 1 fully saturated rings. The average Bonchev–Trinajstić information content (AvgIpc) is 3.44. The molecule has 2 aromatic carbocycles. The van der Waals surface area contributed by atoms with Gasteiger partial charge in [0.1, 0.15) is 29.5 Å². The van der Waals surface area contributed by atoms with Crippen LogP contribution in [0.15, 0.2) is 61.1 Å². The number of aryl methyl sites for hydroxylation is 1. The fourth-order valence-electron chi connectivity index (χ4n) is 4.39. The predicted octanol–water partition coefficient (Wildman–Crippen LogP) is 6.25. The van der Waals surface area contributed by atoms with Gasteiger partial charge in [0.2, 0.25) is 0 Å². The van der Waals surface area contributed by atoms with Gasteiger partial charge in [-0.3, -0.25) is 4.79 Å². The number of carbonyl (C=O) groups is 1. The Kier molecular flexibility index (Phi) is 7.13. The van der Waals surface area contributed by atoms with Crippen molar-refractivity contribution >= 4 is 34.1 Å².